The molecule has 0 radical (unpaired) electrons. The van der Waals surface area contributed by atoms with Gasteiger partial charge in [0.1, 0.15) is 0 Å². The Balaban J connectivity index is 0. The van der Waals surface area contributed by atoms with Gasteiger partial charge in [-0.15, -0.1) is 17.5 Å². The summed E-state index contributed by atoms with van der Waals surface area (Å²) in [6.45, 7) is 1.76. The van der Waals surface area contributed by atoms with E-state index in [1.807, 2.05) is 0 Å². The lowest BCUT2D eigenvalue weighted by Gasteiger charge is -2.06. The minimum atomic E-state index is -0.345. The number of hydroxylamine groups is 2. The quantitative estimate of drug-likeness (QED) is 0.452. The van der Waals surface area contributed by atoms with Crippen molar-refractivity contribution in [2.75, 3.05) is 14.1 Å². The Morgan fingerprint density at radius 3 is 2.30 bits per heavy atom. The van der Waals surface area contributed by atoms with Crippen LogP contribution in [0.1, 0.15) is 6.92 Å². The molecule has 0 fully saturated rings. The highest BCUT2D eigenvalue weighted by atomic mass is 35.5. The van der Waals surface area contributed by atoms with Crippen LogP contribution < -0.4 is 0 Å². The van der Waals surface area contributed by atoms with Crippen molar-refractivity contribution in [3.8, 4) is 0 Å². The van der Waals surface area contributed by atoms with Crippen molar-refractivity contribution in [2.24, 2.45) is 0 Å². The molecule has 60 valence electrons. The van der Waals surface area contributed by atoms with Crippen molar-refractivity contribution >= 4 is 18.4 Å². The Kier molecular flexibility index (Phi) is 8.00. The van der Waals surface area contributed by atoms with Gasteiger partial charge in [-0.1, -0.05) is 6.08 Å². The van der Waals surface area contributed by atoms with Gasteiger partial charge in [-0.3, -0.25) is 0 Å². The fourth-order valence-corrected chi connectivity index (χ4v) is 0.346. The van der Waals surface area contributed by atoms with E-state index in [-0.39, 0.29) is 18.4 Å². The Bertz CT molecular complexity index is 123. The molecule has 0 heterocycles. The first-order chi connectivity index (χ1) is 4.16. The first kappa shape index (κ1) is 12.2. The van der Waals surface area contributed by atoms with E-state index >= 15 is 0 Å². The third kappa shape index (κ3) is 7.46. The maximum absolute atomic E-state index is 10.5. The van der Waals surface area contributed by atoms with Gasteiger partial charge in [0.25, 0.3) is 0 Å². The van der Waals surface area contributed by atoms with E-state index in [1.54, 1.807) is 27.1 Å². The van der Waals surface area contributed by atoms with E-state index in [9.17, 15) is 4.79 Å². The molecule has 3 nitrogen and oxygen atoms in total. The zero-order chi connectivity index (χ0) is 7.28. The lowest BCUT2D eigenvalue weighted by Crippen LogP contribution is -2.16. The Morgan fingerprint density at radius 1 is 1.50 bits per heavy atom. The van der Waals surface area contributed by atoms with Gasteiger partial charge in [0.05, 0.1) is 0 Å². The van der Waals surface area contributed by atoms with Crippen LogP contribution in [0.5, 0.6) is 0 Å². The molecule has 4 heteroatoms. The Labute approximate surface area is 67.0 Å². The number of hydrogen-bond donors (Lipinski definition) is 0. The summed E-state index contributed by atoms with van der Waals surface area (Å²) in [6.07, 6.45) is 2.99. The van der Waals surface area contributed by atoms with Gasteiger partial charge in [0, 0.05) is 20.2 Å². The van der Waals surface area contributed by atoms with Crippen LogP contribution in [0.25, 0.3) is 0 Å². The third-order valence-electron chi connectivity index (χ3n) is 0.575. The molecule has 0 saturated carbocycles. The highest BCUT2D eigenvalue weighted by molar-refractivity contribution is 5.85. The summed E-state index contributed by atoms with van der Waals surface area (Å²) in [4.78, 5) is 15.1. The molecule has 0 aromatic rings. The smallest absolute Gasteiger partial charge is 0.349 e. The molecule has 0 unspecified atom stereocenters. The molecule has 0 aliphatic heterocycles. The van der Waals surface area contributed by atoms with Crippen molar-refractivity contribution < 1.29 is 9.63 Å². The fraction of sp³-hybridized carbons (Fsp3) is 0.500. The van der Waals surface area contributed by atoms with Gasteiger partial charge < -0.3 is 4.84 Å². The zero-order valence-corrected chi connectivity index (χ0v) is 7.14. The fourth-order valence-electron chi connectivity index (χ4n) is 0.346. The number of carbonyl (C=O) groups is 1. The predicted octanol–water partition coefficient (Wildman–Crippen LogP) is 1.00. The second kappa shape index (κ2) is 6.58. The van der Waals surface area contributed by atoms with E-state index in [0.717, 1.165) is 0 Å². The molecule has 0 spiro atoms. The van der Waals surface area contributed by atoms with Gasteiger partial charge in [0.15, 0.2) is 0 Å². The second-order valence-corrected chi connectivity index (χ2v) is 1.72. The van der Waals surface area contributed by atoms with Crippen LogP contribution in [0, 0.1) is 0 Å². The molecule has 0 aliphatic carbocycles. The van der Waals surface area contributed by atoms with Gasteiger partial charge in [-0.25, -0.2) is 4.79 Å². The van der Waals surface area contributed by atoms with Gasteiger partial charge in [-0.05, 0) is 6.92 Å². The zero-order valence-electron chi connectivity index (χ0n) is 6.33. The summed E-state index contributed by atoms with van der Waals surface area (Å²) < 4.78 is 0. The van der Waals surface area contributed by atoms with Crippen molar-refractivity contribution in [2.45, 2.75) is 6.92 Å². The summed E-state index contributed by atoms with van der Waals surface area (Å²) in [5.41, 5.74) is 0. The Hall–Kier alpha value is -0.540. The molecule has 0 aliphatic rings. The van der Waals surface area contributed by atoms with E-state index in [2.05, 4.69) is 4.84 Å². The van der Waals surface area contributed by atoms with E-state index in [0.29, 0.717) is 0 Å². The topological polar surface area (TPSA) is 29.5 Å². The van der Waals surface area contributed by atoms with Crippen LogP contribution in [-0.2, 0) is 9.63 Å². The molecule has 10 heavy (non-hydrogen) atoms. The van der Waals surface area contributed by atoms with Gasteiger partial charge in [-0.2, -0.15) is 0 Å². The molecule has 0 aromatic heterocycles. The minimum Gasteiger partial charge on any atom is -0.365 e. The predicted molar refractivity (Wildman–Crippen MR) is 41.8 cm³/mol. The molecule has 0 N–H and O–H groups in total. The maximum Gasteiger partial charge on any atom is 0.349 e. The van der Waals surface area contributed by atoms with E-state index in [1.165, 1.54) is 11.1 Å². The molecule has 0 amide bonds. The SMILES string of the molecule is C/C=C/C(=O)ON(C)C.Cl. The van der Waals surface area contributed by atoms with Crippen molar-refractivity contribution in [3.63, 3.8) is 0 Å². The van der Waals surface area contributed by atoms with Crippen molar-refractivity contribution in [1.29, 1.82) is 0 Å². The molecule has 0 rings (SSSR count). The average Bonchev–Trinajstić information content (AvgIpc) is 1.63. The van der Waals surface area contributed by atoms with E-state index in [4.69, 9.17) is 0 Å². The average molecular weight is 166 g/mol. The normalized spacial score (nSPS) is 9.60. The van der Waals surface area contributed by atoms with Crippen LogP contribution in [-0.4, -0.2) is 25.1 Å². The number of halogens is 1. The maximum atomic E-state index is 10.5. The van der Waals surface area contributed by atoms with E-state index < -0.39 is 0 Å². The molecule has 0 aromatic carbocycles. The van der Waals surface area contributed by atoms with Crippen LogP contribution in [0.15, 0.2) is 12.2 Å². The second-order valence-electron chi connectivity index (χ2n) is 1.72. The van der Waals surface area contributed by atoms with Crippen LogP contribution >= 0.6 is 12.4 Å². The highest BCUT2D eigenvalue weighted by Crippen LogP contribution is 1.82. The number of rotatable bonds is 2. The minimum absolute atomic E-state index is 0. The van der Waals surface area contributed by atoms with Crippen LogP contribution in [0.2, 0.25) is 0 Å². The molecular formula is C6H12ClNO2. The summed E-state index contributed by atoms with van der Waals surface area (Å²) in [6, 6.07) is 0. The van der Waals surface area contributed by atoms with Crippen molar-refractivity contribution in [3.05, 3.63) is 12.2 Å². The lowest BCUT2D eigenvalue weighted by molar-refractivity contribution is -0.171. The number of allylic oxidation sites excluding steroid dienone is 1. The van der Waals surface area contributed by atoms with Crippen molar-refractivity contribution in [1.82, 2.24) is 5.06 Å². The first-order valence-corrected chi connectivity index (χ1v) is 2.68. The monoisotopic (exact) mass is 165 g/mol. The number of hydrogen-bond acceptors (Lipinski definition) is 3. The molecule has 0 atom stereocenters. The lowest BCUT2D eigenvalue weighted by atomic mass is 10.5. The van der Waals surface area contributed by atoms with Crippen LogP contribution in [0.3, 0.4) is 0 Å². The molecule has 0 saturated heterocycles. The molecular weight excluding hydrogens is 154 g/mol. The summed E-state index contributed by atoms with van der Waals surface area (Å²) in [5, 5.41) is 1.35. The highest BCUT2D eigenvalue weighted by Gasteiger charge is 1.95. The summed E-state index contributed by atoms with van der Waals surface area (Å²) in [7, 11) is 3.31. The summed E-state index contributed by atoms with van der Waals surface area (Å²) in [5.74, 6) is -0.345. The first-order valence-electron chi connectivity index (χ1n) is 2.68. The van der Waals surface area contributed by atoms with Crippen LogP contribution in [0.4, 0.5) is 0 Å². The van der Waals surface area contributed by atoms with Gasteiger partial charge >= 0.3 is 5.97 Å². The third-order valence-corrected chi connectivity index (χ3v) is 0.575. The molecule has 0 bridgehead atoms. The summed E-state index contributed by atoms with van der Waals surface area (Å²) >= 11 is 0. The number of carbonyl (C=O) groups excluding carboxylic acids is 1. The Morgan fingerprint density at radius 2 is 2.00 bits per heavy atom. The standard InChI is InChI=1S/C6H11NO2.ClH/c1-4-5-6(8)9-7(2)3;/h4-5H,1-3H3;1H/b5-4+;. The van der Waals surface area contributed by atoms with Gasteiger partial charge in [0.2, 0.25) is 0 Å². The number of nitrogens with zero attached hydrogens (tertiary/aromatic N) is 1. The largest absolute Gasteiger partial charge is 0.365 e.